The van der Waals surface area contributed by atoms with E-state index in [2.05, 4.69) is 15.1 Å². The number of aromatic nitrogens is 2. The van der Waals surface area contributed by atoms with Gasteiger partial charge in [0.2, 0.25) is 0 Å². The van der Waals surface area contributed by atoms with Gasteiger partial charge in [0.05, 0.1) is 11.7 Å². The third-order valence-electron chi connectivity index (χ3n) is 4.23. The molecule has 5 heteroatoms. The van der Waals surface area contributed by atoms with E-state index in [9.17, 15) is 0 Å². The van der Waals surface area contributed by atoms with Gasteiger partial charge in [-0.3, -0.25) is 10.00 Å². The molecule has 5 nitrogen and oxygen atoms in total. The van der Waals surface area contributed by atoms with E-state index in [1.54, 1.807) is 13.3 Å². The summed E-state index contributed by atoms with van der Waals surface area (Å²) < 4.78 is 11.7. The molecule has 100 valence electrons. The summed E-state index contributed by atoms with van der Waals surface area (Å²) in [5.74, 6) is 0. The van der Waals surface area contributed by atoms with Crippen molar-refractivity contribution in [3.8, 4) is 0 Å². The number of hydrogen-bond acceptors (Lipinski definition) is 4. The minimum atomic E-state index is -0.0146. The fourth-order valence-corrected chi connectivity index (χ4v) is 3.22. The van der Waals surface area contributed by atoms with Gasteiger partial charge in [-0.15, -0.1) is 0 Å². The van der Waals surface area contributed by atoms with Crippen LogP contribution in [0.25, 0.3) is 0 Å². The summed E-state index contributed by atoms with van der Waals surface area (Å²) in [6.07, 6.45) is 5.37. The minimum absolute atomic E-state index is 0.0146. The van der Waals surface area contributed by atoms with E-state index in [0.29, 0.717) is 0 Å². The van der Waals surface area contributed by atoms with E-state index in [-0.39, 0.29) is 11.7 Å². The maximum Gasteiger partial charge on any atom is 0.0987 e. The Hall–Kier alpha value is -0.910. The predicted octanol–water partition coefficient (Wildman–Crippen LogP) is 1.18. The number of piperidine rings is 1. The Morgan fingerprint density at radius 1 is 1.61 bits per heavy atom. The zero-order valence-corrected chi connectivity index (χ0v) is 10.9. The molecule has 1 aromatic rings. The number of hydrogen-bond donors (Lipinski definition) is 1. The molecule has 1 spiro atoms. The van der Waals surface area contributed by atoms with Crippen LogP contribution in [0.4, 0.5) is 0 Å². The second kappa shape index (κ2) is 4.99. The first kappa shape index (κ1) is 12.1. The molecule has 0 aliphatic carbocycles. The van der Waals surface area contributed by atoms with Crippen LogP contribution < -0.4 is 0 Å². The molecule has 3 rings (SSSR count). The highest BCUT2D eigenvalue weighted by molar-refractivity contribution is 5.02. The van der Waals surface area contributed by atoms with Crippen molar-refractivity contribution in [3.05, 3.63) is 18.0 Å². The van der Waals surface area contributed by atoms with Gasteiger partial charge in [0.15, 0.2) is 0 Å². The van der Waals surface area contributed by atoms with Crippen LogP contribution in [0.15, 0.2) is 12.3 Å². The number of ether oxygens (including phenoxy) is 2. The van der Waals surface area contributed by atoms with Crippen LogP contribution in [-0.4, -0.2) is 53.6 Å². The number of rotatable bonds is 3. The standard InChI is InChI=1S/C13H21N3O2/c1-17-12-10-16(9-11-3-6-14-15-11)7-5-13(12)4-2-8-18-13/h3,6,12H,2,4-5,7-10H2,1H3,(H,14,15)/t12-,13-/m0/s1. The smallest absolute Gasteiger partial charge is 0.0987 e. The molecule has 0 unspecified atom stereocenters. The highest BCUT2D eigenvalue weighted by Crippen LogP contribution is 2.37. The SMILES string of the molecule is CO[C@H]1CN(Cc2ccn[nH]2)CC[C@@]12CCCO2. The molecule has 2 atom stereocenters. The number of H-pyrrole nitrogens is 1. The molecule has 0 radical (unpaired) electrons. The lowest BCUT2D eigenvalue weighted by atomic mass is 9.86. The summed E-state index contributed by atoms with van der Waals surface area (Å²) >= 11 is 0. The second-order valence-electron chi connectivity index (χ2n) is 5.31. The molecular weight excluding hydrogens is 230 g/mol. The molecule has 0 aromatic carbocycles. The molecule has 1 aromatic heterocycles. The lowest BCUT2D eigenvalue weighted by Gasteiger charge is -2.44. The fourth-order valence-electron chi connectivity index (χ4n) is 3.22. The fraction of sp³-hybridized carbons (Fsp3) is 0.769. The van der Waals surface area contributed by atoms with Gasteiger partial charge in [-0.1, -0.05) is 0 Å². The van der Waals surface area contributed by atoms with Gasteiger partial charge in [-0.2, -0.15) is 5.10 Å². The quantitative estimate of drug-likeness (QED) is 0.876. The van der Waals surface area contributed by atoms with Gasteiger partial charge in [0.25, 0.3) is 0 Å². The highest BCUT2D eigenvalue weighted by Gasteiger charge is 2.46. The molecular formula is C13H21N3O2. The number of likely N-dealkylation sites (tertiary alicyclic amines) is 1. The van der Waals surface area contributed by atoms with Crippen LogP contribution in [-0.2, 0) is 16.0 Å². The molecule has 2 fully saturated rings. The van der Waals surface area contributed by atoms with Gasteiger partial charge in [-0.05, 0) is 25.3 Å². The normalized spacial score (nSPS) is 33.3. The average molecular weight is 251 g/mol. The van der Waals surface area contributed by atoms with Crippen LogP contribution in [0.3, 0.4) is 0 Å². The second-order valence-corrected chi connectivity index (χ2v) is 5.31. The Balaban J connectivity index is 1.64. The van der Waals surface area contributed by atoms with Gasteiger partial charge in [-0.25, -0.2) is 0 Å². The number of nitrogens with zero attached hydrogens (tertiary/aromatic N) is 2. The first-order valence-electron chi connectivity index (χ1n) is 6.70. The molecule has 2 saturated heterocycles. The van der Waals surface area contributed by atoms with Crippen LogP contribution >= 0.6 is 0 Å². The Morgan fingerprint density at radius 2 is 2.56 bits per heavy atom. The molecule has 0 saturated carbocycles. The maximum atomic E-state index is 6.00. The number of methoxy groups -OCH3 is 1. The van der Waals surface area contributed by atoms with Crippen molar-refractivity contribution < 1.29 is 9.47 Å². The topological polar surface area (TPSA) is 50.4 Å². The molecule has 3 heterocycles. The molecule has 2 aliphatic rings. The van der Waals surface area contributed by atoms with Crippen LogP contribution in [0.5, 0.6) is 0 Å². The van der Waals surface area contributed by atoms with Crippen molar-refractivity contribution in [1.82, 2.24) is 15.1 Å². The van der Waals surface area contributed by atoms with Gasteiger partial charge in [0.1, 0.15) is 0 Å². The molecule has 0 amide bonds. The predicted molar refractivity (Wildman–Crippen MR) is 67.2 cm³/mol. The third kappa shape index (κ3) is 2.18. The van der Waals surface area contributed by atoms with E-state index in [0.717, 1.165) is 44.8 Å². The zero-order chi connectivity index (χ0) is 12.4. The van der Waals surface area contributed by atoms with Crippen molar-refractivity contribution >= 4 is 0 Å². The van der Waals surface area contributed by atoms with Gasteiger partial charge in [0, 0.05) is 45.2 Å². The molecule has 2 aliphatic heterocycles. The van der Waals surface area contributed by atoms with Crippen molar-refractivity contribution in [3.63, 3.8) is 0 Å². The van der Waals surface area contributed by atoms with Gasteiger partial charge < -0.3 is 9.47 Å². The lowest BCUT2D eigenvalue weighted by Crippen LogP contribution is -2.55. The Morgan fingerprint density at radius 3 is 3.22 bits per heavy atom. The van der Waals surface area contributed by atoms with E-state index >= 15 is 0 Å². The summed E-state index contributed by atoms with van der Waals surface area (Å²) in [5, 5.41) is 7.00. The maximum absolute atomic E-state index is 6.00. The Bertz CT molecular complexity index is 374. The van der Waals surface area contributed by atoms with Crippen molar-refractivity contribution in [2.24, 2.45) is 0 Å². The average Bonchev–Trinajstić information content (AvgIpc) is 3.04. The van der Waals surface area contributed by atoms with Crippen LogP contribution in [0.1, 0.15) is 25.0 Å². The summed E-state index contributed by atoms with van der Waals surface area (Å²) in [5.41, 5.74) is 1.15. The summed E-state index contributed by atoms with van der Waals surface area (Å²) in [6.45, 7) is 3.81. The lowest BCUT2D eigenvalue weighted by molar-refractivity contribution is -0.143. The van der Waals surface area contributed by atoms with E-state index < -0.39 is 0 Å². The Kier molecular flexibility index (Phi) is 3.37. The minimum Gasteiger partial charge on any atom is -0.377 e. The molecule has 0 bridgehead atoms. The van der Waals surface area contributed by atoms with E-state index in [1.807, 2.05) is 6.07 Å². The summed E-state index contributed by atoms with van der Waals surface area (Å²) in [4.78, 5) is 2.41. The van der Waals surface area contributed by atoms with Crippen molar-refractivity contribution in [2.75, 3.05) is 26.8 Å². The van der Waals surface area contributed by atoms with Crippen LogP contribution in [0, 0.1) is 0 Å². The zero-order valence-electron chi connectivity index (χ0n) is 10.9. The van der Waals surface area contributed by atoms with Crippen molar-refractivity contribution in [2.45, 2.75) is 37.5 Å². The first-order valence-corrected chi connectivity index (χ1v) is 6.70. The monoisotopic (exact) mass is 251 g/mol. The third-order valence-corrected chi connectivity index (χ3v) is 4.23. The largest absolute Gasteiger partial charge is 0.377 e. The van der Waals surface area contributed by atoms with Crippen molar-refractivity contribution in [1.29, 1.82) is 0 Å². The number of aromatic amines is 1. The first-order chi connectivity index (χ1) is 8.82. The highest BCUT2D eigenvalue weighted by atomic mass is 16.5. The Labute approximate surface area is 107 Å². The molecule has 1 N–H and O–H groups in total. The molecule has 18 heavy (non-hydrogen) atoms. The van der Waals surface area contributed by atoms with Crippen LogP contribution in [0.2, 0.25) is 0 Å². The van der Waals surface area contributed by atoms with E-state index in [4.69, 9.17) is 9.47 Å². The summed E-state index contributed by atoms with van der Waals surface area (Å²) in [7, 11) is 1.80. The van der Waals surface area contributed by atoms with E-state index in [1.165, 1.54) is 6.42 Å². The van der Waals surface area contributed by atoms with Gasteiger partial charge >= 0.3 is 0 Å². The number of nitrogens with one attached hydrogen (secondary N) is 1. The summed E-state index contributed by atoms with van der Waals surface area (Å²) in [6, 6.07) is 2.03.